The number of nitrogens with zero attached hydrogens (tertiary/aromatic N) is 1. The molecule has 1 saturated carbocycles. The molecule has 0 spiro atoms. The Morgan fingerprint density at radius 3 is 1.89 bits per heavy atom. The lowest BCUT2D eigenvalue weighted by atomic mass is 10.1. The van der Waals surface area contributed by atoms with E-state index >= 15 is 0 Å². The second-order valence-electron chi connectivity index (χ2n) is 5.52. The molecular weight excluding hydrogens is 271 g/mol. The van der Waals surface area contributed by atoms with Crippen LogP contribution in [0.4, 0.5) is 13.2 Å². The molecule has 1 fully saturated rings. The summed E-state index contributed by atoms with van der Waals surface area (Å²) in [6, 6.07) is 0.206. The van der Waals surface area contributed by atoms with Crippen LogP contribution >= 0.6 is 12.6 Å². The highest BCUT2D eigenvalue weighted by Gasteiger charge is 2.37. The summed E-state index contributed by atoms with van der Waals surface area (Å²) in [6.07, 6.45) is 5.79. The zero-order valence-electron chi connectivity index (χ0n) is 11.6. The summed E-state index contributed by atoms with van der Waals surface area (Å²) in [5, 5.41) is 0. The molecule has 0 atom stereocenters. The Kier molecular flexibility index (Phi) is 8.23. The fraction of sp³-hybridized carbons (Fsp3) is 1.00. The first kappa shape index (κ1) is 17.2. The maximum absolute atomic E-state index is 12.4. The Morgan fingerprint density at radius 1 is 0.895 bits per heavy atom. The number of halogens is 3. The molecule has 1 rings (SSSR count). The Labute approximate surface area is 120 Å². The topological polar surface area (TPSA) is 3.24 Å². The van der Waals surface area contributed by atoms with Gasteiger partial charge in [-0.15, -0.1) is 0 Å². The third kappa shape index (κ3) is 9.61. The van der Waals surface area contributed by atoms with Gasteiger partial charge >= 0.3 is 6.18 Å². The van der Waals surface area contributed by atoms with Gasteiger partial charge in [0.05, 0.1) is 6.54 Å². The molecule has 0 bridgehead atoms. The maximum Gasteiger partial charge on any atom is 0.401 e. The van der Waals surface area contributed by atoms with Crippen molar-refractivity contribution in [2.75, 3.05) is 18.8 Å². The Balaban J connectivity index is 1.99. The van der Waals surface area contributed by atoms with E-state index in [1.807, 2.05) is 0 Å². The van der Waals surface area contributed by atoms with Gasteiger partial charge in [0, 0.05) is 6.04 Å². The van der Waals surface area contributed by atoms with Crippen LogP contribution in [-0.4, -0.2) is 36.0 Å². The van der Waals surface area contributed by atoms with Crippen LogP contribution in [0.25, 0.3) is 0 Å². The van der Waals surface area contributed by atoms with Gasteiger partial charge in [-0.1, -0.05) is 32.1 Å². The molecule has 0 amide bonds. The van der Waals surface area contributed by atoms with Gasteiger partial charge in [-0.25, -0.2) is 0 Å². The lowest BCUT2D eigenvalue weighted by Gasteiger charge is -2.23. The second kappa shape index (κ2) is 9.11. The molecule has 114 valence electrons. The summed E-state index contributed by atoms with van der Waals surface area (Å²) in [4.78, 5) is 1.63. The first-order valence-electron chi connectivity index (χ1n) is 7.44. The molecule has 0 saturated heterocycles. The summed E-state index contributed by atoms with van der Waals surface area (Å²) >= 11 is 4.16. The minimum Gasteiger partial charge on any atom is -0.292 e. The number of thiol groups is 1. The predicted molar refractivity (Wildman–Crippen MR) is 76.8 cm³/mol. The van der Waals surface area contributed by atoms with Gasteiger partial charge in [0.1, 0.15) is 0 Å². The van der Waals surface area contributed by atoms with Crippen molar-refractivity contribution in [1.82, 2.24) is 4.90 Å². The first-order valence-corrected chi connectivity index (χ1v) is 8.08. The SMILES string of the molecule is FC(F)(F)CN(CCCCCCCCCS)C1CC1. The molecule has 0 radical (unpaired) electrons. The summed E-state index contributed by atoms with van der Waals surface area (Å²) in [6.45, 7) is -0.111. The minimum atomic E-state index is -4.05. The largest absolute Gasteiger partial charge is 0.401 e. The van der Waals surface area contributed by atoms with E-state index in [2.05, 4.69) is 12.6 Å². The second-order valence-corrected chi connectivity index (χ2v) is 5.96. The van der Waals surface area contributed by atoms with Gasteiger partial charge in [0.25, 0.3) is 0 Å². The van der Waals surface area contributed by atoms with E-state index in [9.17, 15) is 13.2 Å². The zero-order chi connectivity index (χ0) is 14.1. The van der Waals surface area contributed by atoms with Crippen LogP contribution in [-0.2, 0) is 0 Å². The molecule has 0 unspecified atom stereocenters. The van der Waals surface area contributed by atoms with Crippen molar-refractivity contribution in [2.24, 2.45) is 0 Å². The minimum absolute atomic E-state index is 0.206. The van der Waals surface area contributed by atoms with E-state index in [-0.39, 0.29) is 6.04 Å². The Bertz CT molecular complexity index is 229. The molecular formula is C14H26F3NS. The quantitative estimate of drug-likeness (QED) is 0.428. The molecule has 0 aromatic rings. The lowest BCUT2D eigenvalue weighted by molar-refractivity contribution is -0.147. The van der Waals surface area contributed by atoms with Crippen molar-refractivity contribution < 1.29 is 13.2 Å². The predicted octanol–water partition coefficient (Wildman–Crippen LogP) is 4.67. The molecule has 19 heavy (non-hydrogen) atoms. The van der Waals surface area contributed by atoms with Gasteiger partial charge in [-0.2, -0.15) is 25.8 Å². The van der Waals surface area contributed by atoms with Crippen LogP contribution in [0.2, 0.25) is 0 Å². The van der Waals surface area contributed by atoms with E-state index in [0.29, 0.717) is 6.54 Å². The lowest BCUT2D eigenvalue weighted by Crippen LogP contribution is -2.36. The van der Waals surface area contributed by atoms with Gasteiger partial charge < -0.3 is 0 Å². The van der Waals surface area contributed by atoms with Crippen LogP contribution in [0.1, 0.15) is 57.8 Å². The average molecular weight is 297 g/mol. The van der Waals surface area contributed by atoms with Crippen LogP contribution in [0, 0.1) is 0 Å². The molecule has 1 aliphatic rings. The average Bonchev–Trinajstić information content (AvgIpc) is 3.13. The maximum atomic E-state index is 12.4. The van der Waals surface area contributed by atoms with Crippen LogP contribution in [0.3, 0.4) is 0 Å². The molecule has 0 heterocycles. The van der Waals surface area contributed by atoms with Crippen molar-refractivity contribution >= 4 is 12.6 Å². The van der Waals surface area contributed by atoms with Crippen LogP contribution in [0.5, 0.6) is 0 Å². The molecule has 1 aliphatic carbocycles. The van der Waals surface area contributed by atoms with Crippen molar-refractivity contribution in [3.63, 3.8) is 0 Å². The van der Waals surface area contributed by atoms with Crippen molar-refractivity contribution in [1.29, 1.82) is 0 Å². The number of alkyl halides is 3. The molecule has 0 aromatic carbocycles. The van der Waals surface area contributed by atoms with E-state index < -0.39 is 12.7 Å². The summed E-state index contributed by atoms with van der Waals surface area (Å²) < 4.78 is 37.2. The van der Waals surface area contributed by atoms with Gasteiger partial charge in [0.15, 0.2) is 0 Å². The van der Waals surface area contributed by atoms with Crippen LogP contribution in [0.15, 0.2) is 0 Å². The molecule has 5 heteroatoms. The van der Waals surface area contributed by atoms with Gasteiger partial charge in [0.2, 0.25) is 0 Å². The molecule has 0 aliphatic heterocycles. The highest BCUT2D eigenvalue weighted by Crippen LogP contribution is 2.30. The molecule has 0 N–H and O–H groups in total. The molecule has 1 nitrogen and oxygen atoms in total. The van der Waals surface area contributed by atoms with Crippen molar-refractivity contribution in [3.05, 3.63) is 0 Å². The first-order chi connectivity index (χ1) is 9.03. The van der Waals surface area contributed by atoms with E-state index in [0.717, 1.165) is 37.9 Å². The zero-order valence-corrected chi connectivity index (χ0v) is 12.5. The third-order valence-corrected chi connectivity index (χ3v) is 3.87. The van der Waals surface area contributed by atoms with Crippen LogP contribution < -0.4 is 0 Å². The third-order valence-electron chi connectivity index (χ3n) is 3.55. The fourth-order valence-electron chi connectivity index (χ4n) is 2.37. The highest BCUT2D eigenvalue weighted by molar-refractivity contribution is 7.80. The van der Waals surface area contributed by atoms with Crippen molar-refractivity contribution in [3.8, 4) is 0 Å². The van der Waals surface area contributed by atoms with Gasteiger partial charge in [-0.05, 0) is 38.0 Å². The van der Waals surface area contributed by atoms with E-state index in [1.54, 1.807) is 4.90 Å². The normalized spacial score (nSPS) is 16.3. The number of rotatable bonds is 11. The van der Waals surface area contributed by atoms with E-state index in [1.165, 1.54) is 25.7 Å². The Morgan fingerprint density at radius 2 is 1.42 bits per heavy atom. The summed E-state index contributed by atoms with van der Waals surface area (Å²) in [7, 11) is 0. The van der Waals surface area contributed by atoms with Gasteiger partial charge in [-0.3, -0.25) is 4.90 Å². The number of hydrogen-bond acceptors (Lipinski definition) is 2. The number of unbranched alkanes of at least 4 members (excludes halogenated alkanes) is 6. The number of hydrogen-bond donors (Lipinski definition) is 1. The van der Waals surface area contributed by atoms with Crippen molar-refractivity contribution in [2.45, 2.75) is 70.0 Å². The standard InChI is InChI=1S/C14H26F3NS/c15-14(16,17)12-18(13-8-9-13)10-6-4-2-1-3-5-7-11-19/h13,19H,1-12H2. The highest BCUT2D eigenvalue weighted by atomic mass is 32.1. The van der Waals surface area contributed by atoms with E-state index in [4.69, 9.17) is 0 Å². The fourth-order valence-corrected chi connectivity index (χ4v) is 2.59. The monoisotopic (exact) mass is 297 g/mol. The molecule has 0 aromatic heterocycles. The summed E-state index contributed by atoms with van der Waals surface area (Å²) in [5.74, 6) is 0.952. The smallest absolute Gasteiger partial charge is 0.292 e. The summed E-state index contributed by atoms with van der Waals surface area (Å²) in [5.41, 5.74) is 0. The Hall–Kier alpha value is 0.100.